The lowest BCUT2D eigenvalue weighted by Crippen LogP contribution is -2.31. The largest absolute Gasteiger partial charge is 0.323 e. The number of carbonyl (C=O) groups is 1. The first-order valence-electron chi connectivity index (χ1n) is 8.40. The molecule has 134 valence electrons. The molecule has 2 N–H and O–H groups in total. The van der Waals surface area contributed by atoms with Gasteiger partial charge in [0.25, 0.3) is 0 Å². The summed E-state index contributed by atoms with van der Waals surface area (Å²) in [4.78, 5) is 11.8. The van der Waals surface area contributed by atoms with Crippen LogP contribution in [0.25, 0.3) is 0 Å². The number of sulfonamides is 1. The quantitative estimate of drug-likeness (QED) is 0.501. The molecule has 0 radical (unpaired) electrons. The zero-order valence-electron chi connectivity index (χ0n) is 14.7. The van der Waals surface area contributed by atoms with Crippen LogP contribution in [0.5, 0.6) is 0 Å². The van der Waals surface area contributed by atoms with E-state index in [9.17, 15) is 13.2 Å². The summed E-state index contributed by atoms with van der Waals surface area (Å²) >= 11 is 0. The van der Waals surface area contributed by atoms with E-state index < -0.39 is 15.3 Å². The summed E-state index contributed by atoms with van der Waals surface area (Å²) in [5.41, 5.74) is 2.02. The van der Waals surface area contributed by atoms with Gasteiger partial charge >= 0.3 is 0 Å². The molecule has 0 unspecified atom stereocenters. The summed E-state index contributed by atoms with van der Waals surface area (Å²) in [6.07, 6.45) is 6.93. The molecule has 0 heterocycles. The summed E-state index contributed by atoms with van der Waals surface area (Å²) in [5.74, 6) is -0.219. The second kappa shape index (κ2) is 10.3. The van der Waals surface area contributed by atoms with Crippen LogP contribution in [0.1, 0.15) is 45.6 Å². The number of hydrogen-bond acceptors (Lipinski definition) is 3. The van der Waals surface area contributed by atoms with E-state index >= 15 is 0 Å². The first kappa shape index (κ1) is 20.4. The van der Waals surface area contributed by atoms with Crippen molar-refractivity contribution >= 4 is 21.6 Å². The second-order valence-corrected chi connectivity index (χ2v) is 8.29. The molecule has 5 nitrogen and oxygen atoms in total. The van der Waals surface area contributed by atoms with E-state index in [1.807, 2.05) is 24.3 Å². The van der Waals surface area contributed by atoms with Crippen molar-refractivity contribution in [2.75, 3.05) is 11.9 Å². The maximum atomic E-state index is 11.8. The van der Waals surface area contributed by atoms with Crippen molar-refractivity contribution < 1.29 is 13.2 Å². The van der Waals surface area contributed by atoms with E-state index in [0.717, 1.165) is 24.9 Å². The molecular formula is C18H28N2O3S. The van der Waals surface area contributed by atoms with Gasteiger partial charge in [0.1, 0.15) is 0 Å². The average Bonchev–Trinajstić information content (AvgIpc) is 2.53. The van der Waals surface area contributed by atoms with Crippen LogP contribution in [0.4, 0.5) is 5.69 Å². The van der Waals surface area contributed by atoms with Crippen LogP contribution in [0.2, 0.25) is 0 Å². The third-order valence-corrected chi connectivity index (χ3v) is 5.39. The molecule has 0 aromatic heterocycles. The lowest BCUT2D eigenvalue weighted by Gasteiger charge is -2.07. The third kappa shape index (κ3) is 7.75. The molecule has 0 saturated heterocycles. The van der Waals surface area contributed by atoms with E-state index in [1.165, 1.54) is 11.6 Å². The van der Waals surface area contributed by atoms with Gasteiger partial charge in [0, 0.05) is 12.2 Å². The van der Waals surface area contributed by atoms with Crippen LogP contribution in [0.3, 0.4) is 0 Å². The molecule has 24 heavy (non-hydrogen) atoms. The van der Waals surface area contributed by atoms with Crippen molar-refractivity contribution in [2.45, 2.75) is 51.7 Å². The van der Waals surface area contributed by atoms with Crippen molar-refractivity contribution in [3.05, 3.63) is 42.0 Å². The Labute approximate surface area is 145 Å². The number of aryl methyl sites for hydroxylation is 1. The molecule has 0 saturated carbocycles. The predicted molar refractivity (Wildman–Crippen MR) is 99.5 cm³/mol. The highest BCUT2D eigenvalue weighted by atomic mass is 32.2. The predicted octanol–water partition coefficient (Wildman–Crippen LogP) is 3.24. The Morgan fingerprint density at radius 2 is 1.88 bits per heavy atom. The van der Waals surface area contributed by atoms with E-state index in [4.69, 9.17) is 0 Å². The van der Waals surface area contributed by atoms with Gasteiger partial charge < -0.3 is 5.32 Å². The van der Waals surface area contributed by atoms with Gasteiger partial charge in [-0.3, -0.25) is 4.79 Å². The molecule has 0 fully saturated rings. The lowest BCUT2D eigenvalue weighted by molar-refractivity contribution is -0.111. The van der Waals surface area contributed by atoms with Crippen molar-refractivity contribution in [3.63, 3.8) is 0 Å². The van der Waals surface area contributed by atoms with E-state index in [1.54, 1.807) is 19.9 Å². The molecule has 0 aliphatic carbocycles. The van der Waals surface area contributed by atoms with Gasteiger partial charge in [0.05, 0.1) is 5.25 Å². The minimum atomic E-state index is -3.24. The fourth-order valence-corrected chi connectivity index (χ4v) is 2.70. The van der Waals surface area contributed by atoms with Crippen LogP contribution in [0.15, 0.2) is 36.4 Å². The fourth-order valence-electron chi connectivity index (χ4n) is 1.96. The average molecular weight is 353 g/mol. The van der Waals surface area contributed by atoms with E-state index in [-0.39, 0.29) is 12.5 Å². The number of rotatable bonds is 10. The molecule has 0 aliphatic rings. The Hall–Kier alpha value is -1.66. The minimum Gasteiger partial charge on any atom is -0.323 e. The standard InChI is InChI=1S/C18H28N2O3S/c1-4-5-8-16-10-12-17(13-11-16)20-18(21)9-6-7-14-19-24(22,23)15(2)3/h6,9-13,15,19H,4-5,7-8,14H2,1-3H3,(H,20,21). The van der Waals surface area contributed by atoms with Crippen LogP contribution in [-0.2, 0) is 21.2 Å². The monoisotopic (exact) mass is 352 g/mol. The molecule has 1 rings (SSSR count). The molecule has 1 aromatic rings. The Bertz CT molecular complexity index is 635. The van der Waals surface area contributed by atoms with Gasteiger partial charge in [-0.15, -0.1) is 0 Å². The van der Waals surface area contributed by atoms with Crippen molar-refractivity contribution in [1.29, 1.82) is 0 Å². The van der Waals surface area contributed by atoms with Crippen molar-refractivity contribution in [1.82, 2.24) is 4.72 Å². The van der Waals surface area contributed by atoms with E-state index in [0.29, 0.717) is 6.42 Å². The Morgan fingerprint density at radius 1 is 1.21 bits per heavy atom. The fraction of sp³-hybridized carbons (Fsp3) is 0.500. The molecule has 6 heteroatoms. The first-order valence-corrected chi connectivity index (χ1v) is 9.94. The highest BCUT2D eigenvalue weighted by Crippen LogP contribution is 2.11. The van der Waals surface area contributed by atoms with Gasteiger partial charge in [-0.1, -0.05) is 31.6 Å². The summed E-state index contributed by atoms with van der Waals surface area (Å²) in [6, 6.07) is 7.84. The van der Waals surface area contributed by atoms with Gasteiger partial charge in [0.15, 0.2) is 0 Å². The maximum Gasteiger partial charge on any atom is 0.248 e. The van der Waals surface area contributed by atoms with Gasteiger partial charge in [-0.25, -0.2) is 13.1 Å². The molecule has 1 amide bonds. The highest BCUT2D eigenvalue weighted by molar-refractivity contribution is 7.90. The Kier molecular flexibility index (Phi) is 8.71. The first-order chi connectivity index (χ1) is 11.3. The van der Waals surface area contributed by atoms with Crippen LogP contribution < -0.4 is 10.0 Å². The third-order valence-electron chi connectivity index (χ3n) is 3.54. The molecule has 0 atom stereocenters. The second-order valence-electron chi connectivity index (χ2n) is 5.97. The molecule has 0 spiro atoms. The molecule has 0 bridgehead atoms. The summed E-state index contributed by atoms with van der Waals surface area (Å²) in [6.45, 7) is 5.70. The van der Waals surface area contributed by atoms with Gasteiger partial charge in [-0.2, -0.15) is 0 Å². The number of amides is 1. The molecular weight excluding hydrogens is 324 g/mol. The Morgan fingerprint density at radius 3 is 2.46 bits per heavy atom. The Balaban J connectivity index is 2.35. The van der Waals surface area contributed by atoms with Gasteiger partial charge in [0.2, 0.25) is 15.9 Å². The zero-order chi connectivity index (χ0) is 18.0. The van der Waals surface area contributed by atoms with E-state index in [2.05, 4.69) is 17.0 Å². The number of hydrogen-bond donors (Lipinski definition) is 2. The van der Waals surface area contributed by atoms with Crippen LogP contribution in [0, 0.1) is 0 Å². The van der Waals surface area contributed by atoms with Crippen LogP contribution in [-0.4, -0.2) is 26.1 Å². The lowest BCUT2D eigenvalue weighted by atomic mass is 10.1. The number of carbonyl (C=O) groups excluding carboxylic acids is 1. The number of nitrogens with one attached hydrogen (secondary N) is 2. The number of benzene rings is 1. The number of anilines is 1. The number of unbranched alkanes of at least 4 members (excludes halogenated alkanes) is 1. The van der Waals surface area contributed by atoms with Crippen molar-refractivity contribution in [3.8, 4) is 0 Å². The SMILES string of the molecule is CCCCc1ccc(NC(=O)C=CCCNS(=O)(=O)C(C)C)cc1. The highest BCUT2D eigenvalue weighted by Gasteiger charge is 2.13. The van der Waals surface area contributed by atoms with Crippen molar-refractivity contribution in [2.24, 2.45) is 0 Å². The molecule has 0 aliphatic heterocycles. The topological polar surface area (TPSA) is 75.3 Å². The smallest absolute Gasteiger partial charge is 0.248 e. The summed E-state index contributed by atoms with van der Waals surface area (Å²) < 4.78 is 25.6. The minimum absolute atomic E-state index is 0.219. The maximum absolute atomic E-state index is 11.8. The van der Waals surface area contributed by atoms with Crippen LogP contribution >= 0.6 is 0 Å². The summed E-state index contributed by atoms with van der Waals surface area (Å²) in [7, 11) is -3.24. The molecule has 1 aromatic carbocycles. The zero-order valence-corrected chi connectivity index (χ0v) is 15.5. The van der Waals surface area contributed by atoms with Gasteiger partial charge in [-0.05, 0) is 56.9 Å². The summed E-state index contributed by atoms with van der Waals surface area (Å²) in [5, 5.41) is 2.33. The normalized spacial score (nSPS) is 12.0.